The fourth-order valence-corrected chi connectivity index (χ4v) is 4.65. The second kappa shape index (κ2) is 7.67. The lowest BCUT2D eigenvalue weighted by Crippen LogP contribution is -2.47. The van der Waals surface area contributed by atoms with Crippen LogP contribution in [0, 0.1) is 10.1 Å². The molecular formula is C19H16ClN7O3S. The van der Waals surface area contributed by atoms with E-state index in [1.165, 1.54) is 20.4 Å². The van der Waals surface area contributed by atoms with Crippen LogP contribution in [0.2, 0.25) is 5.02 Å². The Morgan fingerprint density at radius 3 is 2.52 bits per heavy atom. The predicted octanol–water partition coefficient (Wildman–Crippen LogP) is 2.83. The number of benzene rings is 1. The monoisotopic (exact) mass is 457 g/mol. The Morgan fingerprint density at radius 1 is 1.10 bits per heavy atom. The fourth-order valence-electron chi connectivity index (χ4n) is 3.70. The summed E-state index contributed by atoms with van der Waals surface area (Å²) in [5.41, 5.74) is 0.800. The molecule has 5 rings (SSSR count). The van der Waals surface area contributed by atoms with Gasteiger partial charge < -0.3 is 19.9 Å². The minimum Gasteiger partial charge on any atom is -0.365 e. The zero-order chi connectivity index (χ0) is 21.5. The van der Waals surface area contributed by atoms with E-state index in [0.29, 0.717) is 48.3 Å². The number of para-hydroxylation sites is 1. The van der Waals surface area contributed by atoms with Gasteiger partial charge >= 0.3 is 5.82 Å². The maximum Gasteiger partial charge on any atom is 0.373 e. The summed E-state index contributed by atoms with van der Waals surface area (Å²) in [6.07, 6.45) is 3.24. The van der Waals surface area contributed by atoms with Crippen LogP contribution in [-0.4, -0.2) is 50.3 Å². The number of hydrogen-bond donors (Lipinski definition) is 0. The van der Waals surface area contributed by atoms with Crippen molar-refractivity contribution in [3.8, 4) is 5.69 Å². The highest BCUT2D eigenvalue weighted by Gasteiger charge is 2.30. The van der Waals surface area contributed by atoms with E-state index in [9.17, 15) is 14.9 Å². The van der Waals surface area contributed by atoms with Gasteiger partial charge in [0.1, 0.15) is 11.2 Å². The first-order valence-electron chi connectivity index (χ1n) is 9.47. The van der Waals surface area contributed by atoms with Gasteiger partial charge in [-0.3, -0.25) is 4.79 Å². The van der Waals surface area contributed by atoms with Gasteiger partial charge in [0.05, 0.1) is 17.6 Å². The average Bonchev–Trinajstić information content (AvgIpc) is 3.37. The summed E-state index contributed by atoms with van der Waals surface area (Å²) in [5.74, 6) is 0.329. The molecule has 0 N–H and O–H groups in total. The number of rotatable bonds is 4. The molecule has 0 spiro atoms. The van der Waals surface area contributed by atoms with E-state index in [-0.39, 0.29) is 10.8 Å². The maximum absolute atomic E-state index is 12.8. The second-order valence-corrected chi connectivity index (χ2v) is 8.19. The van der Waals surface area contributed by atoms with Gasteiger partial charge in [0.25, 0.3) is 10.5 Å². The lowest BCUT2D eigenvalue weighted by atomic mass is 10.2. The van der Waals surface area contributed by atoms with Gasteiger partial charge in [-0.1, -0.05) is 41.1 Å². The van der Waals surface area contributed by atoms with Crippen molar-refractivity contribution in [3.63, 3.8) is 0 Å². The molecule has 0 saturated carbocycles. The van der Waals surface area contributed by atoms with Crippen molar-refractivity contribution in [2.75, 3.05) is 36.0 Å². The Kier molecular flexibility index (Phi) is 4.83. The van der Waals surface area contributed by atoms with E-state index in [1.807, 2.05) is 28.0 Å². The molecule has 31 heavy (non-hydrogen) atoms. The van der Waals surface area contributed by atoms with E-state index < -0.39 is 10.5 Å². The molecule has 1 aromatic carbocycles. The predicted molar refractivity (Wildman–Crippen MR) is 119 cm³/mol. The standard InChI is InChI=1S/C19H16ClN7O3S/c20-15-14(12-21-26(18(15)28)13-4-2-1-3-5-13)23-6-8-24(9-7-23)16-17(27(29)30)25-10-11-31-19(25)22-16/h1-5,10-12H,6-9H2. The molecule has 4 heterocycles. The number of nitrogens with zero attached hydrogens (tertiary/aromatic N) is 7. The van der Waals surface area contributed by atoms with Crippen molar-refractivity contribution in [1.82, 2.24) is 19.2 Å². The molecular weight excluding hydrogens is 442 g/mol. The molecule has 0 bridgehead atoms. The number of imidazole rings is 1. The molecule has 1 fully saturated rings. The topological polar surface area (TPSA) is 102 Å². The normalized spacial score (nSPS) is 14.4. The van der Waals surface area contributed by atoms with Gasteiger partial charge in [-0.05, 0) is 17.1 Å². The lowest BCUT2D eigenvalue weighted by molar-refractivity contribution is -0.389. The number of piperazine rings is 1. The number of hydrogen-bond acceptors (Lipinski definition) is 8. The highest BCUT2D eigenvalue weighted by molar-refractivity contribution is 7.15. The van der Waals surface area contributed by atoms with Crippen LogP contribution in [0.3, 0.4) is 0 Å². The van der Waals surface area contributed by atoms with Crippen molar-refractivity contribution in [3.05, 3.63) is 73.6 Å². The molecule has 0 amide bonds. The molecule has 4 aromatic rings. The van der Waals surface area contributed by atoms with Crippen LogP contribution in [0.4, 0.5) is 17.3 Å². The lowest BCUT2D eigenvalue weighted by Gasteiger charge is -2.35. The summed E-state index contributed by atoms with van der Waals surface area (Å²) in [5, 5.41) is 17.8. The third-order valence-corrected chi connectivity index (χ3v) is 6.33. The number of aromatic nitrogens is 4. The van der Waals surface area contributed by atoms with Gasteiger partial charge in [0, 0.05) is 31.6 Å². The summed E-state index contributed by atoms with van der Waals surface area (Å²) >= 11 is 7.76. The Bertz CT molecular complexity index is 1330. The van der Waals surface area contributed by atoms with Crippen molar-refractivity contribution < 1.29 is 4.92 Å². The highest BCUT2D eigenvalue weighted by atomic mass is 35.5. The number of fused-ring (bicyclic) bond motifs is 1. The van der Waals surface area contributed by atoms with Crippen molar-refractivity contribution in [1.29, 1.82) is 0 Å². The summed E-state index contributed by atoms with van der Waals surface area (Å²) < 4.78 is 2.76. The van der Waals surface area contributed by atoms with Crippen molar-refractivity contribution in [2.45, 2.75) is 0 Å². The molecule has 12 heteroatoms. The van der Waals surface area contributed by atoms with Crippen LogP contribution >= 0.6 is 22.9 Å². The summed E-state index contributed by atoms with van der Waals surface area (Å²) in [4.78, 5) is 32.8. The number of halogens is 1. The van der Waals surface area contributed by atoms with E-state index >= 15 is 0 Å². The molecule has 1 saturated heterocycles. The van der Waals surface area contributed by atoms with Crippen LogP contribution in [0.25, 0.3) is 10.6 Å². The minimum absolute atomic E-state index is 0.0325. The summed E-state index contributed by atoms with van der Waals surface area (Å²) in [6, 6.07) is 9.07. The minimum atomic E-state index is -0.404. The quantitative estimate of drug-likeness (QED) is 0.343. The average molecular weight is 458 g/mol. The Balaban J connectivity index is 1.39. The molecule has 1 aliphatic rings. The van der Waals surface area contributed by atoms with Crippen LogP contribution < -0.4 is 15.4 Å². The molecule has 0 atom stereocenters. The SMILES string of the molecule is O=c1c(Cl)c(N2CCN(c3nc4sccn4c3[N+](=O)[O-])CC2)cnn1-c1ccccc1. The largest absolute Gasteiger partial charge is 0.373 e. The maximum atomic E-state index is 12.8. The third-order valence-electron chi connectivity index (χ3n) is 5.21. The van der Waals surface area contributed by atoms with E-state index in [2.05, 4.69) is 10.1 Å². The number of anilines is 2. The van der Waals surface area contributed by atoms with Gasteiger partial charge in [-0.25, -0.2) is 0 Å². The Morgan fingerprint density at radius 2 is 1.81 bits per heavy atom. The molecule has 1 aliphatic heterocycles. The van der Waals surface area contributed by atoms with Gasteiger partial charge in [0.2, 0.25) is 5.82 Å². The Labute approximate surface area is 184 Å². The number of nitro groups is 1. The first-order chi connectivity index (χ1) is 15.0. The first-order valence-corrected chi connectivity index (χ1v) is 10.7. The molecule has 158 valence electrons. The molecule has 10 nitrogen and oxygen atoms in total. The highest BCUT2D eigenvalue weighted by Crippen LogP contribution is 2.32. The third kappa shape index (κ3) is 3.31. The van der Waals surface area contributed by atoms with Crippen LogP contribution in [0.1, 0.15) is 0 Å². The summed E-state index contributed by atoms with van der Waals surface area (Å²) in [7, 11) is 0. The molecule has 0 radical (unpaired) electrons. The molecule has 0 aliphatic carbocycles. The zero-order valence-corrected chi connectivity index (χ0v) is 17.7. The van der Waals surface area contributed by atoms with E-state index in [0.717, 1.165) is 0 Å². The van der Waals surface area contributed by atoms with Crippen LogP contribution in [-0.2, 0) is 0 Å². The zero-order valence-electron chi connectivity index (χ0n) is 16.1. The van der Waals surface area contributed by atoms with E-state index in [1.54, 1.807) is 29.9 Å². The van der Waals surface area contributed by atoms with E-state index in [4.69, 9.17) is 11.6 Å². The van der Waals surface area contributed by atoms with Crippen LogP contribution in [0.15, 0.2) is 52.9 Å². The second-order valence-electron chi connectivity index (χ2n) is 6.94. The molecule has 3 aromatic heterocycles. The molecule has 0 unspecified atom stereocenters. The smallest absolute Gasteiger partial charge is 0.365 e. The first kappa shape index (κ1) is 19.5. The van der Waals surface area contributed by atoms with Gasteiger partial charge in [-0.15, -0.1) is 0 Å². The number of thiazole rings is 1. The Hall–Kier alpha value is -3.44. The van der Waals surface area contributed by atoms with Crippen molar-refractivity contribution in [2.24, 2.45) is 0 Å². The van der Waals surface area contributed by atoms with Gasteiger partial charge in [0.15, 0.2) is 0 Å². The fraction of sp³-hybridized carbons (Fsp3) is 0.211. The summed E-state index contributed by atoms with van der Waals surface area (Å²) in [6.45, 7) is 2.06. The van der Waals surface area contributed by atoms with Crippen LogP contribution in [0.5, 0.6) is 0 Å². The van der Waals surface area contributed by atoms with Crippen molar-refractivity contribution >= 4 is 45.2 Å². The van der Waals surface area contributed by atoms with Gasteiger partial charge in [-0.2, -0.15) is 19.2 Å².